The van der Waals surface area contributed by atoms with Gasteiger partial charge in [0.05, 0.1) is 12.0 Å². The van der Waals surface area contributed by atoms with E-state index >= 15 is 0 Å². The lowest BCUT2D eigenvalue weighted by Gasteiger charge is -2.36. The molecule has 7 N–H and O–H groups in total. The van der Waals surface area contributed by atoms with Crippen molar-refractivity contribution in [1.29, 1.82) is 5.41 Å². The number of carboxylic acids is 1. The number of aliphatic hydroxyl groups excluding tert-OH is 1. The van der Waals surface area contributed by atoms with Crippen LogP contribution in [0.15, 0.2) is 0 Å². The van der Waals surface area contributed by atoms with Gasteiger partial charge in [-0.3, -0.25) is 15.0 Å². The van der Waals surface area contributed by atoms with E-state index in [1.54, 1.807) is 0 Å². The summed E-state index contributed by atoms with van der Waals surface area (Å²) in [6.07, 6.45) is 0.628. The zero-order valence-corrected chi connectivity index (χ0v) is 13.9. The normalized spacial score (nSPS) is 28.4. The van der Waals surface area contributed by atoms with Gasteiger partial charge in [0.25, 0.3) is 0 Å². The first kappa shape index (κ1) is 19.2. The van der Waals surface area contributed by atoms with Crippen molar-refractivity contribution >= 4 is 17.8 Å². The van der Waals surface area contributed by atoms with Crippen LogP contribution in [0, 0.1) is 23.2 Å². The minimum atomic E-state index is -1.11. The molecular formula is C15H28N4O4. The van der Waals surface area contributed by atoms with Crippen LogP contribution in [0.4, 0.5) is 0 Å². The van der Waals surface area contributed by atoms with E-state index in [1.807, 2.05) is 13.8 Å². The number of hydrogen-bond acceptors (Lipinski definition) is 4. The zero-order chi connectivity index (χ0) is 17.7. The Morgan fingerprint density at radius 1 is 1.35 bits per heavy atom. The number of carbonyl (C=O) groups excluding carboxylic acids is 1. The number of carboxylic acid groups (broad SMARTS) is 1. The Morgan fingerprint density at radius 3 is 2.30 bits per heavy atom. The minimum Gasteiger partial charge on any atom is -0.481 e. The Kier molecular flexibility index (Phi) is 6.80. The van der Waals surface area contributed by atoms with Crippen LogP contribution >= 0.6 is 0 Å². The lowest BCUT2D eigenvalue weighted by Crippen LogP contribution is -2.54. The molecule has 0 bridgehead atoms. The summed E-state index contributed by atoms with van der Waals surface area (Å²) >= 11 is 0. The van der Waals surface area contributed by atoms with E-state index in [-0.39, 0.29) is 30.2 Å². The average Bonchev–Trinajstić information content (AvgIpc) is 2.74. The summed E-state index contributed by atoms with van der Waals surface area (Å²) in [5.74, 6) is -2.95. The SMILES string of the molecule is CCC(CC)[C@H](NC(C)=O)[C@H]1[C@H](O)[C@@H](C(=O)O)C[C@H]1NC(=N)N. The topological polar surface area (TPSA) is 149 Å². The number of aliphatic carboxylic acids is 1. The van der Waals surface area contributed by atoms with Crippen LogP contribution in [0.5, 0.6) is 0 Å². The maximum atomic E-state index is 11.6. The Labute approximate surface area is 136 Å². The number of nitrogens with one attached hydrogen (secondary N) is 3. The van der Waals surface area contributed by atoms with Crippen LogP contribution in [0.25, 0.3) is 0 Å². The molecule has 1 fully saturated rings. The highest BCUT2D eigenvalue weighted by Crippen LogP contribution is 2.37. The van der Waals surface area contributed by atoms with Crippen molar-refractivity contribution < 1.29 is 19.8 Å². The Hall–Kier alpha value is -1.83. The number of guanidine groups is 1. The Balaban J connectivity index is 3.17. The van der Waals surface area contributed by atoms with Crippen LogP contribution < -0.4 is 16.4 Å². The van der Waals surface area contributed by atoms with Gasteiger partial charge in [-0.2, -0.15) is 0 Å². The predicted molar refractivity (Wildman–Crippen MR) is 85.8 cm³/mol. The van der Waals surface area contributed by atoms with Crippen molar-refractivity contribution in [2.75, 3.05) is 0 Å². The van der Waals surface area contributed by atoms with Gasteiger partial charge in [-0.05, 0) is 12.3 Å². The van der Waals surface area contributed by atoms with E-state index in [0.29, 0.717) is 0 Å². The average molecular weight is 328 g/mol. The molecule has 0 aromatic rings. The fraction of sp³-hybridized carbons (Fsp3) is 0.800. The van der Waals surface area contributed by atoms with E-state index in [9.17, 15) is 19.8 Å². The summed E-state index contributed by atoms with van der Waals surface area (Å²) in [4.78, 5) is 23.0. The highest BCUT2D eigenvalue weighted by molar-refractivity contribution is 5.76. The van der Waals surface area contributed by atoms with Gasteiger partial charge in [-0.25, -0.2) is 0 Å². The zero-order valence-electron chi connectivity index (χ0n) is 13.9. The van der Waals surface area contributed by atoms with E-state index in [0.717, 1.165) is 12.8 Å². The molecule has 8 nitrogen and oxygen atoms in total. The first-order chi connectivity index (χ1) is 10.7. The molecule has 1 aliphatic carbocycles. The molecule has 8 heteroatoms. The third kappa shape index (κ3) is 4.57. The maximum Gasteiger partial charge on any atom is 0.309 e. The summed E-state index contributed by atoms with van der Waals surface area (Å²) in [5, 5.41) is 32.9. The molecule has 0 radical (unpaired) electrons. The molecule has 1 rings (SSSR count). The van der Waals surface area contributed by atoms with Gasteiger partial charge in [-0.15, -0.1) is 0 Å². The van der Waals surface area contributed by atoms with Crippen LogP contribution in [-0.4, -0.2) is 46.2 Å². The third-order valence-electron chi connectivity index (χ3n) is 4.78. The quantitative estimate of drug-likeness (QED) is 0.283. The largest absolute Gasteiger partial charge is 0.481 e. The molecule has 132 valence electrons. The van der Waals surface area contributed by atoms with Crippen LogP contribution in [0.2, 0.25) is 0 Å². The monoisotopic (exact) mass is 328 g/mol. The van der Waals surface area contributed by atoms with E-state index in [2.05, 4.69) is 10.6 Å². The molecule has 1 amide bonds. The third-order valence-corrected chi connectivity index (χ3v) is 4.78. The molecule has 0 aliphatic heterocycles. The molecule has 0 spiro atoms. The molecule has 0 saturated heterocycles. The molecule has 0 unspecified atom stereocenters. The molecule has 23 heavy (non-hydrogen) atoms. The van der Waals surface area contributed by atoms with Gasteiger partial charge in [0.1, 0.15) is 0 Å². The Bertz CT molecular complexity index is 453. The molecular weight excluding hydrogens is 300 g/mol. The van der Waals surface area contributed by atoms with Crippen LogP contribution in [0.1, 0.15) is 40.0 Å². The van der Waals surface area contributed by atoms with Crippen molar-refractivity contribution in [3.63, 3.8) is 0 Å². The number of rotatable bonds is 7. The Morgan fingerprint density at radius 2 is 1.91 bits per heavy atom. The predicted octanol–water partition coefficient (Wildman–Crippen LogP) is -0.139. The highest BCUT2D eigenvalue weighted by Gasteiger charge is 2.50. The molecule has 0 aromatic carbocycles. The smallest absolute Gasteiger partial charge is 0.309 e. The number of hydrogen-bond donors (Lipinski definition) is 6. The number of nitrogens with two attached hydrogens (primary N) is 1. The van der Waals surface area contributed by atoms with E-state index in [4.69, 9.17) is 11.1 Å². The van der Waals surface area contributed by atoms with Gasteiger partial charge in [0.2, 0.25) is 5.91 Å². The van der Waals surface area contributed by atoms with Gasteiger partial charge < -0.3 is 26.6 Å². The second kappa shape index (κ2) is 8.14. The van der Waals surface area contributed by atoms with Gasteiger partial charge in [0.15, 0.2) is 5.96 Å². The van der Waals surface area contributed by atoms with E-state index in [1.165, 1.54) is 6.92 Å². The first-order valence-electron chi connectivity index (χ1n) is 8.01. The van der Waals surface area contributed by atoms with Crippen molar-refractivity contribution in [3.8, 4) is 0 Å². The van der Waals surface area contributed by atoms with Crippen molar-refractivity contribution in [3.05, 3.63) is 0 Å². The molecule has 1 saturated carbocycles. The second-order valence-corrected chi connectivity index (χ2v) is 6.22. The second-order valence-electron chi connectivity index (χ2n) is 6.22. The van der Waals surface area contributed by atoms with Crippen molar-refractivity contribution in [1.82, 2.24) is 10.6 Å². The van der Waals surface area contributed by atoms with Crippen molar-refractivity contribution in [2.24, 2.45) is 23.5 Å². The van der Waals surface area contributed by atoms with Crippen LogP contribution in [0.3, 0.4) is 0 Å². The lowest BCUT2D eigenvalue weighted by molar-refractivity contribution is -0.145. The van der Waals surface area contributed by atoms with Gasteiger partial charge in [0, 0.05) is 24.9 Å². The summed E-state index contributed by atoms with van der Waals surface area (Å²) in [6, 6.07) is -0.847. The molecule has 0 heterocycles. The molecule has 5 atom stereocenters. The fourth-order valence-electron chi connectivity index (χ4n) is 3.70. The number of carbonyl (C=O) groups is 2. The summed E-state index contributed by atoms with van der Waals surface area (Å²) in [5.41, 5.74) is 5.40. The maximum absolute atomic E-state index is 11.6. The standard InChI is InChI=1S/C15H28N4O4/c1-4-8(5-2)12(18-7(3)20)11-10(19-15(16)17)6-9(13(11)21)14(22)23/h8-13,21H,4-6H2,1-3H3,(H,18,20)(H,22,23)(H4,16,17,19)/t9-,10+,11-,12-,13+/m0/s1. The summed E-state index contributed by atoms with van der Waals surface area (Å²) < 4.78 is 0. The van der Waals surface area contributed by atoms with Crippen molar-refractivity contribution in [2.45, 2.75) is 58.2 Å². The van der Waals surface area contributed by atoms with Crippen LogP contribution in [-0.2, 0) is 9.59 Å². The minimum absolute atomic E-state index is 0.0994. The summed E-state index contributed by atoms with van der Waals surface area (Å²) in [6.45, 7) is 5.39. The first-order valence-corrected chi connectivity index (χ1v) is 8.01. The fourth-order valence-corrected chi connectivity index (χ4v) is 3.70. The van der Waals surface area contributed by atoms with E-state index < -0.39 is 30.0 Å². The lowest BCUT2D eigenvalue weighted by atomic mass is 9.80. The summed E-state index contributed by atoms with van der Waals surface area (Å²) in [7, 11) is 0. The number of aliphatic hydroxyl groups is 1. The number of amides is 1. The molecule has 0 aromatic heterocycles. The van der Waals surface area contributed by atoms with Gasteiger partial charge in [-0.1, -0.05) is 26.7 Å². The molecule has 1 aliphatic rings. The highest BCUT2D eigenvalue weighted by atomic mass is 16.4. The van der Waals surface area contributed by atoms with Gasteiger partial charge >= 0.3 is 5.97 Å².